The van der Waals surface area contributed by atoms with Gasteiger partial charge in [0.2, 0.25) is 11.6 Å². The summed E-state index contributed by atoms with van der Waals surface area (Å²) >= 11 is 0. The molecule has 2 heterocycles. The largest absolute Gasteiger partial charge is 0.330 e. The molecule has 2 aromatic heterocycles. The standard InChI is InChI=1S/C17H13N5O/c1-22-11-18-16(20-22)17-19-15(21-23-17)14-9-7-13(8-10-14)12-5-3-2-4-6-12/h2-11H,1H3. The minimum Gasteiger partial charge on any atom is -0.330 e. The maximum absolute atomic E-state index is 5.23. The average Bonchev–Trinajstić information content (AvgIpc) is 3.25. The molecule has 0 spiro atoms. The zero-order chi connectivity index (χ0) is 15.6. The molecule has 0 bridgehead atoms. The van der Waals surface area contributed by atoms with E-state index in [1.54, 1.807) is 18.1 Å². The van der Waals surface area contributed by atoms with Crippen LogP contribution < -0.4 is 0 Å². The van der Waals surface area contributed by atoms with Crippen LogP contribution in [0.3, 0.4) is 0 Å². The normalized spacial score (nSPS) is 10.8. The van der Waals surface area contributed by atoms with E-state index in [9.17, 15) is 0 Å². The third kappa shape index (κ3) is 2.62. The molecule has 0 aliphatic heterocycles. The summed E-state index contributed by atoms with van der Waals surface area (Å²) in [5.41, 5.74) is 3.20. The Labute approximate surface area is 132 Å². The summed E-state index contributed by atoms with van der Waals surface area (Å²) in [4.78, 5) is 8.45. The van der Waals surface area contributed by atoms with Gasteiger partial charge in [-0.3, -0.25) is 4.68 Å². The Morgan fingerprint density at radius 1 is 0.826 bits per heavy atom. The summed E-state index contributed by atoms with van der Waals surface area (Å²) in [6.07, 6.45) is 1.59. The van der Waals surface area contributed by atoms with Gasteiger partial charge in [-0.2, -0.15) is 4.98 Å². The van der Waals surface area contributed by atoms with Gasteiger partial charge in [0.1, 0.15) is 6.33 Å². The summed E-state index contributed by atoms with van der Waals surface area (Å²) in [5, 5.41) is 8.15. The van der Waals surface area contributed by atoms with Crippen LogP contribution in [0, 0.1) is 0 Å². The minimum atomic E-state index is 0.313. The molecule has 0 radical (unpaired) electrons. The van der Waals surface area contributed by atoms with Gasteiger partial charge in [0.25, 0.3) is 5.89 Å². The maximum Gasteiger partial charge on any atom is 0.297 e. The van der Waals surface area contributed by atoms with Gasteiger partial charge < -0.3 is 4.52 Å². The molecule has 4 rings (SSSR count). The third-order valence-corrected chi connectivity index (χ3v) is 3.47. The lowest BCUT2D eigenvalue weighted by atomic mass is 10.0. The second-order valence-corrected chi connectivity index (χ2v) is 5.11. The monoisotopic (exact) mass is 303 g/mol. The number of aromatic nitrogens is 5. The Hall–Kier alpha value is -3.28. The van der Waals surface area contributed by atoms with Gasteiger partial charge >= 0.3 is 0 Å². The van der Waals surface area contributed by atoms with Crippen LogP contribution in [0.1, 0.15) is 0 Å². The lowest BCUT2D eigenvalue weighted by Crippen LogP contribution is -1.88. The number of benzene rings is 2. The molecule has 23 heavy (non-hydrogen) atoms. The minimum absolute atomic E-state index is 0.313. The van der Waals surface area contributed by atoms with E-state index in [-0.39, 0.29) is 0 Å². The molecule has 112 valence electrons. The fourth-order valence-corrected chi connectivity index (χ4v) is 2.31. The maximum atomic E-state index is 5.23. The van der Waals surface area contributed by atoms with Gasteiger partial charge in [-0.25, -0.2) is 4.98 Å². The van der Waals surface area contributed by atoms with E-state index in [4.69, 9.17) is 4.52 Å². The highest BCUT2D eigenvalue weighted by Crippen LogP contribution is 2.24. The number of hydrogen-bond acceptors (Lipinski definition) is 5. The zero-order valence-electron chi connectivity index (χ0n) is 12.4. The van der Waals surface area contributed by atoms with E-state index in [1.807, 2.05) is 42.5 Å². The molecule has 2 aromatic carbocycles. The fraction of sp³-hybridized carbons (Fsp3) is 0.0588. The topological polar surface area (TPSA) is 69.6 Å². The van der Waals surface area contributed by atoms with Crippen LogP contribution >= 0.6 is 0 Å². The van der Waals surface area contributed by atoms with E-state index in [0.29, 0.717) is 17.5 Å². The van der Waals surface area contributed by atoms with Crippen LogP contribution in [0.2, 0.25) is 0 Å². The van der Waals surface area contributed by atoms with Crippen molar-refractivity contribution in [1.29, 1.82) is 0 Å². The molecule has 4 aromatic rings. The van der Waals surface area contributed by atoms with Crippen molar-refractivity contribution >= 4 is 0 Å². The number of rotatable bonds is 3. The Morgan fingerprint density at radius 2 is 1.52 bits per heavy atom. The van der Waals surface area contributed by atoms with Crippen molar-refractivity contribution in [2.24, 2.45) is 7.05 Å². The predicted octanol–water partition coefficient (Wildman–Crippen LogP) is 3.20. The highest BCUT2D eigenvalue weighted by Gasteiger charge is 2.14. The van der Waals surface area contributed by atoms with Crippen molar-refractivity contribution < 1.29 is 4.52 Å². The van der Waals surface area contributed by atoms with Gasteiger partial charge in [0.05, 0.1) is 0 Å². The lowest BCUT2D eigenvalue weighted by Gasteiger charge is -2.01. The van der Waals surface area contributed by atoms with Gasteiger partial charge in [0.15, 0.2) is 0 Å². The zero-order valence-corrected chi connectivity index (χ0v) is 12.4. The van der Waals surface area contributed by atoms with Gasteiger partial charge in [0, 0.05) is 12.6 Å². The molecular formula is C17H13N5O. The summed E-state index contributed by atoms with van der Waals surface area (Å²) in [7, 11) is 1.79. The van der Waals surface area contributed by atoms with E-state index < -0.39 is 0 Å². The second-order valence-electron chi connectivity index (χ2n) is 5.11. The van der Waals surface area contributed by atoms with Crippen LogP contribution in [0.4, 0.5) is 0 Å². The summed E-state index contributed by atoms with van der Waals surface area (Å²) in [6, 6.07) is 18.2. The molecule has 6 heteroatoms. The van der Waals surface area contributed by atoms with E-state index in [1.165, 1.54) is 5.56 Å². The quantitative estimate of drug-likeness (QED) is 0.581. The van der Waals surface area contributed by atoms with Gasteiger partial charge in [-0.1, -0.05) is 59.8 Å². The predicted molar refractivity (Wildman–Crippen MR) is 85.2 cm³/mol. The van der Waals surface area contributed by atoms with Crippen molar-refractivity contribution in [3.63, 3.8) is 0 Å². The first-order valence-electron chi connectivity index (χ1n) is 7.15. The highest BCUT2D eigenvalue weighted by atomic mass is 16.5. The Balaban J connectivity index is 1.63. The summed E-state index contributed by atoms with van der Waals surface area (Å²) in [6.45, 7) is 0. The van der Waals surface area contributed by atoms with E-state index >= 15 is 0 Å². The Kier molecular flexibility index (Phi) is 3.20. The fourth-order valence-electron chi connectivity index (χ4n) is 2.31. The van der Waals surface area contributed by atoms with E-state index in [2.05, 4.69) is 32.4 Å². The van der Waals surface area contributed by atoms with Gasteiger partial charge in [-0.15, -0.1) is 5.10 Å². The number of hydrogen-bond donors (Lipinski definition) is 0. The molecule has 0 N–H and O–H groups in total. The SMILES string of the molecule is Cn1cnc(-c2nc(-c3ccc(-c4ccccc4)cc3)no2)n1. The van der Waals surface area contributed by atoms with Crippen molar-refractivity contribution in [2.75, 3.05) is 0 Å². The molecule has 6 nitrogen and oxygen atoms in total. The van der Waals surface area contributed by atoms with Crippen LogP contribution in [0.15, 0.2) is 65.4 Å². The first-order chi connectivity index (χ1) is 11.3. The molecule has 0 amide bonds. The van der Waals surface area contributed by atoms with Crippen molar-refractivity contribution in [2.45, 2.75) is 0 Å². The van der Waals surface area contributed by atoms with Crippen LogP contribution in [-0.4, -0.2) is 24.9 Å². The molecule has 0 saturated carbocycles. The lowest BCUT2D eigenvalue weighted by molar-refractivity contribution is 0.429. The first-order valence-corrected chi connectivity index (χ1v) is 7.15. The second kappa shape index (κ2) is 5.49. The van der Waals surface area contributed by atoms with Crippen molar-refractivity contribution in [3.05, 3.63) is 60.9 Å². The smallest absolute Gasteiger partial charge is 0.297 e. The number of aryl methyl sites for hydroxylation is 1. The Morgan fingerprint density at radius 3 is 2.22 bits per heavy atom. The highest BCUT2D eigenvalue weighted by molar-refractivity contribution is 5.67. The first kappa shape index (κ1) is 13.4. The molecule has 0 saturated heterocycles. The number of nitrogens with zero attached hydrogens (tertiary/aromatic N) is 5. The Bertz CT molecular complexity index is 925. The molecule has 0 unspecified atom stereocenters. The van der Waals surface area contributed by atoms with Gasteiger partial charge in [-0.05, 0) is 11.1 Å². The molecular weight excluding hydrogens is 290 g/mol. The molecule has 0 aliphatic rings. The molecule has 0 aliphatic carbocycles. The summed E-state index contributed by atoms with van der Waals surface area (Å²) < 4.78 is 6.83. The average molecular weight is 303 g/mol. The van der Waals surface area contributed by atoms with Crippen LogP contribution in [0.25, 0.3) is 34.2 Å². The third-order valence-electron chi connectivity index (χ3n) is 3.47. The van der Waals surface area contributed by atoms with Crippen molar-refractivity contribution in [1.82, 2.24) is 24.9 Å². The molecule has 0 fully saturated rings. The molecule has 0 atom stereocenters. The summed E-state index contributed by atoms with van der Waals surface area (Å²) in [5.74, 6) is 1.26. The van der Waals surface area contributed by atoms with Crippen molar-refractivity contribution in [3.8, 4) is 34.2 Å². The van der Waals surface area contributed by atoms with Crippen LogP contribution in [-0.2, 0) is 7.05 Å². The van der Waals surface area contributed by atoms with Crippen LogP contribution in [0.5, 0.6) is 0 Å². The van der Waals surface area contributed by atoms with E-state index in [0.717, 1.165) is 11.1 Å².